The van der Waals surface area contributed by atoms with Gasteiger partial charge in [0.05, 0.1) is 25.2 Å². The second-order valence-electron chi connectivity index (χ2n) is 4.88. The Balaban J connectivity index is 2.45. The molecule has 4 heteroatoms. The third-order valence-corrected chi connectivity index (χ3v) is 3.11. The molecule has 1 aromatic heterocycles. The molecule has 0 spiro atoms. The Kier molecular flexibility index (Phi) is 4.56. The van der Waals surface area contributed by atoms with Crippen molar-refractivity contribution < 1.29 is 4.74 Å². The molecular weight excluding hydrogens is 250 g/mol. The zero-order chi connectivity index (χ0) is 14.5. The summed E-state index contributed by atoms with van der Waals surface area (Å²) in [4.78, 5) is 8.90. The second kappa shape index (κ2) is 6.37. The first kappa shape index (κ1) is 14.3. The van der Waals surface area contributed by atoms with Crippen molar-refractivity contribution in [3.05, 3.63) is 35.7 Å². The summed E-state index contributed by atoms with van der Waals surface area (Å²) in [6, 6.07) is 4.15. The molecule has 1 aromatic carbocycles. The van der Waals surface area contributed by atoms with E-state index in [2.05, 4.69) is 42.1 Å². The van der Waals surface area contributed by atoms with Crippen LogP contribution in [0, 0.1) is 13.8 Å². The summed E-state index contributed by atoms with van der Waals surface area (Å²) in [6.45, 7) is 7.14. The Morgan fingerprint density at radius 1 is 1.20 bits per heavy atom. The van der Waals surface area contributed by atoms with E-state index in [-0.39, 0.29) is 0 Å². The lowest BCUT2D eigenvalue weighted by molar-refractivity contribution is 0.415. The van der Waals surface area contributed by atoms with Gasteiger partial charge in [-0.2, -0.15) is 0 Å². The van der Waals surface area contributed by atoms with Crippen molar-refractivity contribution in [3.63, 3.8) is 0 Å². The van der Waals surface area contributed by atoms with Crippen molar-refractivity contribution in [1.82, 2.24) is 9.97 Å². The molecule has 1 N–H and O–H groups in total. The van der Waals surface area contributed by atoms with Gasteiger partial charge in [-0.3, -0.25) is 4.98 Å². The molecule has 2 rings (SSSR count). The summed E-state index contributed by atoms with van der Waals surface area (Å²) in [5, 5.41) is 3.26. The van der Waals surface area contributed by atoms with Crippen molar-refractivity contribution in [2.75, 3.05) is 19.0 Å². The fraction of sp³-hybridized carbons (Fsp3) is 0.375. The molecular formula is C16H21N3O. The molecule has 0 aliphatic carbocycles. The van der Waals surface area contributed by atoms with Gasteiger partial charge in [-0.05, 0) is 37.5 Å². The predicted molar refractivity (Wildman–Crippen MR) is 82.3 cm³/mol. The first-order valence-electron chi connectivity index (χ1n) is 6.87. The molecule has 0 unspecified atom stereocenters. The van der Waals surface area contributed by atoms with E-state index in [1.54, 1.807) is 19.5 Å². The van der Waals surface area contributed by atoms with Crippen LogP contribution in [-0.2, 0) is 0 Å². The zero-order valence-corrected chi connectivity index (χ0v) is 12.5. The number of aryl methyl sites for hydroxylation is 2. The molecule has 4 nitrogen and oxygen atoms in total. The van der Waals surface area contributed by atoms with Gasteiger partial charge in [0.15, 0.2) is 0 Å². The highest BCUT2D eigenvalue weighted by Crippen LogP contribution is 2.33. The summed E-state index contributed by atoms with van der Waals surface area (Å²) in [7, 11) is 1.68. The highest BCUT2D eigenvalue weighted by Gasteiger charge is 2.12. The van der Waals surface area contributed by atoms with Crippen LogP contribution in [0.1, 0.15) is 24.5 Å². The lowest BCUT2D eigenvalue weighted by Crippen LogP contribution is -2.03. The molecule has 0 atom stereocenters. The maximum absolute atomic E-state index is 5.49. The van der Waals surface area contributed by atoms with Gasteiger partial charge in [0, 0.05) is 12.1 Å². The minimum Gasteiger partial charge on any atom is -0.496 e. The third kappa shape index (κ3) is 3.07. The van der Waals surface area contributed by atoms with Gasteiger partial charge in [0.25, 0.3) is 0 Å². The molecule has 106 valence electrons. The van der Waals surface area contributed by atoms with Crippen LogP contribution in [-0.4, -0.2) is 23.6 Å². The van der Waals surface area contributed by atoms with Gasteiger partial charge >= 0.3 is 0 Å². The van der Waals surface area contributed by atoms with E-state index in [0.29, 0.717) is 0 Å². The van der Waals surface area contributed by atoms with Crippen LogP contribution in [0.5, 0.6) is 5.75 Å². The van der Waals surface area contributed by atoms with Crippen LogP contribution in [0.4, 0.5) is 5.82 Å². The van der Waals surface area contributed by atoms with Crippen molar-refractivity contribution >= 4 is 5.82 Å². The summed E-state index contributed by atoms with van der Waals surface area (Å²) >= 11 is 0. The summed E-state index contributed by atoms with van der Waals surface area (Å²) in [6.07, 6.45) is 4.57. The molecule has 0 aliphatic heterocycles. The Bertz CT molecular complexity index is 596. The molecule has 0 saturated carbocycles. The van der Waals surface area contributed by atoms with Crippen LogP contribution < -0.4 is 10.1 Å². The maximum atomic E-state index is 5.49. The van der Waals surface area contributed by atoms with Crippen LogP contribution in [0.25, 0.3) is 11.3 Å². The smallest absolute Gasteiger partial charge is 0.145 e. The number of hydrogen-bond donors (Lipinski definition) is 1. The number of hydrogen-bond acceptors (Lipinski definition) is 4. The number of ether oxygens (including phenoxy) is 1. The minimum absolute atomic E-state index is 0.798. The van der Waals surface area contributed by atoms with Gasteiger partial charge in [0.1, 0.15) is 11.6 Å². The first-order chi connectivity index (χ1) is 9.65. The Labute approximate surface area is 120 Å². The molecule has 0 amide bonds. The van der Waals surface area contributed by atoms with Gasteiger partial charge in [0.2, 0.25) is 0 Å². The average Bonchev–Trinajstić information content (AvgIpc) is 2.44. The second-order valence-corrected chi connectivity index (χ2v) is 4.88. The maximum Gasteiger partial charge on any atom is 0.145 e. The predicted octanol–water partition coefficient (Wildman–Crippen LogP) is 3.59. The van der Waals surface area contributed by atoms with Crippen LogP contribution in [0.3, 0.4) is 0 Å². The molecule has 0 saturated heterocycles. The number of aromatic nitrogens is 2. The number of anilines is 1. The van der Waals surface area contributed by atoms with Crippen LogP contribution in [0.15, 0.2) is 24.5 Å². The van der Waals surface area contributed by atoms with E-state index >= 15 is 0 Å². The highest BCUT2D eigenvalue weighted by atomic mass is 16.5. The van der Waals surface area contributed by atoms with Gasteiger partial charge in [-0.15, -0.1) is 0 Å². The Morgan fingerprint density at radius 3 is 2.70 bits per heavy atom. The molecule has 20 heavy (non-hydrogen) atoms. The molecule has 1 heterocycles. The quantitative estimate of drug-likeness (QED) is 0.902. The topological polar surface area (TPSA) is 47.0 Å². The van der Waals surface area contributed by atoms with Crippen LogP contribution in [0.2, 0.25) is 0 Å². The number of methoxy groups -OCH3 is 1. The lowest BCUT2D eigenvalue weighted by Gasteiger charge is -2.13. The number of nitrogens with one attached hydrogen (secondary N) is 1. The normalized spacial score (nSPS) is 10.4. The van der Waals surface area contributed by atoms with Gasteiger partial charge in [-0.25, -0.2) is 4.98 Å². The summed E-state index contributed by atoms with van der Waals surface area (Å²) in [5.41, 5.74) is 4.16. The molecule has 0 fully saturated rings. The fourth-order valence-electron chi connectivity index (χ4n) is 2.24. The Morgan fingerprint density at radius 2 is 2.00 bits per heavy atom. The monoisotopic (exact) mass is 271 g/mol. The minimum atomic E-state index is 0.798. The van der Waals surface area contributed by atoms with Crippen molar-refractivity contribution in [1.29, 1.82) is 0 Å². The summed E-state index contributed by atoms with van der Waals surface area (Å²) in [5.74, 6) is 1.64. The third-order valence-electron chi connectivity index (χ3n) is 3.11. The average molecular weight is 271 g/mol. The van der Waals surface area contributed by atoms with E-state index < -0.39 is 0 Å². The van der Waals surface area contributed by atoms with E-state index in [1.807, 2.05) is 6.07 Å². The molecule has 0 radical (unpaired) electrons. The van der Waals surface area contributed by atoms with E-state index in [9.17, 15) is 0 Å². The van der Waals surface area contributed by atoms with Crippen molar-refractivity contribution in [3.8, 4) is 17.0 Å². The van der Waals surface area contributed by atoms with E-state index in [1.165, 1.54) is 5.56 Å². The lowest BCUT2D eigenvalue weighted by atomic mass is 10.0. The van der Waals surface area contributed by atoms with Gasteiger partial charge < -0.3 is 10.1 Å². The molecule has 2 aromatic rings. The van der Waals surface area contributed by atoms with E-state index in [4.69, 9.17) is 4.74 Å². The molecule has 0 aliphatic rings. The van der Waals surface area contributed by atoms with Crippen LogP contribution >= 0.6 is 0 Å². The largest absolute Gasteiger partial charge is 0.496 e. The molecule has 0 bridgehead atoms. The van der Waals surface area contributed by atoms with E-state index in [0.717, 1.165) is 41.4 Å². The number of rotatable bonds is 5. The SMILES string of the molecule is CCCNc1cncc(-c2c(C)cc(C)cc2OC)n1. The fourth-order valence-corrected chi connectivity index (χ4v) is 2.24. The number of benzene rings is 1. The van der Waals surface area contributed by atoms with Gasteiger partial charge in [-0.1, -0.05) is 13.0 Å². The number of nitrogens with zero attached hydrogens (tertiary/aromatic N) is 2. The Hall–Kier alpha value is -2.10. The summed E-state index contributed by atoms with van der Waals surface area (Å²) < 4.78 is 5.49. The van der Waals surface area contributed by atoms with Crippen molar-refractivity contribution in [2.45, 2.75) is 27.2 Å². The first-order valence-corrected chi connectivity index (χ1v) is 6.87. The highest BCUT2D eigenvalue weighted by molar-refractivity contribution is 5.72. The van der Waals surface area contributed by atoms with Crippen molar-refractivity contribution in [2.24, 2.45) is 0 Å². The standard InChI is InChI=1S/C16H21N3O/c1-5-6-18-15-10-17-9-13(19-15)16-12(3)7-11(2)8-14(16)20-4/h7-10H,5-6H2,1-4H3,(H,18,19). The zero-order valence-electron chi connectivity index (χ0n) is 12.5.